The van der Waals surface area contributed by atoms with Crippen LogP contribution >= 0.6 is 0 Å². The fraction of sp³-hybridized carbons (Fsp3) is 0.167. The molecule has 0 aromatic heterocycles. The summed E-state index contributed by atoms with van der Waals surface area (Å²) in [6.45, 7) is 0. The van der Waals surface area contributed by atoms with Gasteiger partial charge in [-0.05, 0) is 18.1 Å². The molecule has 4 nitrogen and oxygen atoms in total. The van der Waals surface area contributed by atoms with Crippen molar-refractivity contribution in [3.05, 3.63) is 41.5 Å². The van der Waals surface area contributed by atoms with Gasteiger partial charge in [-0.2, -0.15) is 0 Å². The molecule has 4 heteroatoms. The Morgan fingerprint density at radius 3 is 2.81 bits per heavy atom. The van der Waals surface area contributed by atoms with Crippen molar-refractivity contribution in [1.29, 1.82) is 0 Å². The molecule has 1 aliphatic rings. The Morgan fingerprint density at radius 2 is 2.06 bits per heavy atom. The van der Waals surface area contributed by atoms with Crippen LogP contribution in [0, 0.1) is 0 Å². The van der Waals surface area contributed by atoms with Crippen LogP contribution in [0.5, 0.6) is 0 Å². The molecule has 1 aromatic rings. The number of rotatable bonds is 3. The van der Waals surface area contributed by atoms with E-state index < -0.39 is 18.4 Å². The Balaban J connectivity index is 2.08. The Labute approximate surface area is 92.2 Å². The summed E-state index contributed by atoms with van der Waals surface area (Å²) in [6, 6.07) is 7.56. The Morgan fingerprint density at radius 1 is 1.31 bits per heavy atom. The van der Waals surface area contributed by atoms with Gasteiger partial charge >= 0.3 is 11.9 Å². The van der Waals surface area contributed by atoms with Crippen LogP contribution in [0.25, 0.3) is 5.76 Å². The topological polar surface area (TPSA) is 63.6 Å². The van der Waals surface area contributed by atoms with E-state index in [0.29, 0.717) is 12.2 Å². The van der Waals surface area contributed by atoms with Crippen LogP contribution in [0.2, 0.25) is 0 Å². The number of carboxylic acid groups (broad SMARTS) is 1. The number of esters is 1. The molecule has 0 amide bonds. The fourth-order valence-corrected chi connectivity index (χ4v) is 1.63. The Hall–Kier alpha value is -2.10. The van der Waals surface area contributed by atoms with Gasteiger partial charge in [0, 0.05) is 5.56 Å². The maximum atomic E-state index is 11.2. The maximum absolute atomic E-state index is 11.2. The lowest BCUT2D eigenvalue weighted by Crippen LogP contribution is -2.09. The fourth-order valence-electron chi connectivity index (χ4n) is 1.63. The highest BCUT2D eigenvalue weighted by Gasteiger charge is 2.18. The maximum Gasteiger partial charge on any atom is 0.322 e. The molecule has 0 saturated heterocycles. The molecule has 0 spiro atoms. The number of carboxylic acids is 1. The molecule has 0 aliphatic heterocycles. The van der Waals surface area contributed by atoms with E-state index in [-0.39, 0.29) is 0 Å². The second kappa shape index (κ2) is 4.18. The van der Waals surface area contributed by atoms with Crippen LogP contribution in [-0.4, -0.2) is 17.0 Å². The molecular formula is C12H10O4. The molecule has 1 N–H and O–H groups in total. The zero-order valence-corrected chi connectivity index (χ0v) is 8.47. The first-order valence-electron chi connectivity index (χ1n) is 4.88. The largest absolute Gasteiger partial charge is 0.481 e. The predicted octanol–water partition coefficient (Wildman–Crippen LogP) is 1.60. The van der Waals surface area contributed by atoms with Gasteiger partial charge in [0.05, 0.1) is 0 Å². The molecule has 82 valence electrons. The van der Waals surface area contributed by atoms with Gasteiger partial charge in [0.25, 0.3) is 0 Å². The highest BCUT2D eigenvalue weighted by molar-refractivity contribution is 5.93. The molecule has 1 aromatic carbocycles. The van der Waals surface area contributed by atoms with Gasteiger partial charge in [0.15, 0.2) is 0 Å². The molecule has 16 heavy (non-hydrogen) atoms. The summed E-state index contributed by atoms with van der Waals surface area (Å²) < 4.78 is 4.99. The highest BCUT2D eigenvalue weighted by Crippen LogP contribution is 2.27. The van der Waals surface area contributed by atoms with Gasteiger partial charge in [-0.1, -0.05) is 24.3 Å². The summed E-state index contributed by atoms with van der Waals surface area (Å²) in [4.78, 5) is 21.5. The summed E-state index contributed by atoms with van der Waals surface area (Å²) in [7, 11) is 0. The third kappa shape index (κ3) is 2.11. The normalized spacial score (nSPS) is 12.9. The van der Waals surface area contributed by atoms with Crippen LogP contribution in [0.1, 0.15) is 17.5 Å². The number of carbonyl (C=O) groups excluding carboxylic acids is 1. The molecule has 0 atom stereocenters. The minimum Gasteiger partial charge on any atom is -0.481 e. The van der Waals surface area contributed by atoms with Crippen LogP contribution in [0.4, 0.5) is 0 Å². The second-order valence-corrected chi connectivity index (χ2v) is 3.47. The molecular weight excluding hydrogens is 208 g/mol. The van der Waals surface area contributed by atoms with Crippen LogP contribution in [0.3, 0.4) is 0 Å². The first kappa shape index (κ1) is 10.4. The first-order chi connectivity index (χ1) is 7.66. The van der Waals surface area contributed by atoms with E-state index in [1.807, 2.05) is 24.3 Å². The lowest BCUT2D eigenvalue weighted by Gasteiger charge is -2.05. The van der Waals surface area contributed by atoms with Crippen LogP contribution < -0.4 is 0 Å². The molecule has 0 fully saturated rings. The lowest BCUT2D eigenvalue weighted by molar-refractivity contribution is -0.146. The van der Waals surface area contributed by atoms with Crippen LogP contribution in [-0.2, 0) is 20.7 Å². The van der Waals surface area contributed by atoms with Crippen molar-refractivity contribution in [2.24, 2.45) is 0 Å². The second-order valence-electron chi connectivity index (χ2n) is 3.47. The van der Waals surface area contributed by atoms with E-state index in [1.54, 1.807) is 6.08 Å². The minimum atomic E-state index is -1.18. The molecule has 0 saturated carbocycles. The Kier molecular flexibility index (Phi) is 2.72. The van der Waals surface area contributed by atoms with Gasteiger partial charge in [0.2, 0.25) is 0 Å². The van der Waals surface area contributed by atoms with E-state index in [4.69, 9.17) is 9.84 Å². The zero-order chi connectivity index (χ0) is 11.5. The third-order valence-electron chi connectivity index (χ3n) is 2.31. The predicted molar refractivity (Wildman–Crippen MR) is 56.5 cm³/mol. The SMILES string of the molecule is O=C(O)CC(=O)OC1=CCc2ccccc21. The Bertz CT molecular complexity index is 474. The summed E-state index contributed by atoms with van der Waals surface area (Å²) in [6.07, 6.45) is 1.88. The molecule has 0 radical (unpaired) electrons. The third-order valence-corrected chi connectivity index (χ3v) is 2.31. The summed E-state index contributed by atoms with van der Waals surface area (Å²) >= 11 is 0. The van der Waals surface area contributed by atoms with Crippen LogP contribution in [0.15, 0.2) is 30.3 Å². The molecule has 0 heterocycles. The average Bonchev–Trinajstić information content (AvgIpc) is 2.61. The molecule has 2 rings (SSSR count). The monoisotopic (exact) mass is 218 g/mol. The van der Waals surface area contributed by atoms with E-state index in [0.717, 1.165) is 11.1 Å². The van der Waals surface area contributed by atoms with Gasteiger partial charge in [-0.15, -0.1) is 0 Å². The first-order valence-corrected chi connectivity index (χ1v) is 4.88. The number of hydrogen-bond acceptors (Lipinski definition) is 3. The molecule has 0 bridgehead atoms. The number of fused-ring (bicyclic) bond motifs is 1. The average molecular weight is 218 g/mol. The van der Waals surface area contributed by atoms with E-state index in [2.05, 4.69) is 0 Å². The zero-order valence-electron chi connectivity index (χ0n) is 8.47. The number of benzene rings is 1. The summed E-state index contributed by atoms with van der Waals surface area (Å²) in [5.74, 6) is -1.46. The number of aliphatic carboxylic acids is 1. The highest BCUT2D eigenvalue weighted by atomic mass is 16.5. The van der Waals surface area contributed by atoms with Gasteiger partial charge < -0.3 is 9.84 Å². The number of carbonyl (C=O) groups is 2. The summed E-state index contributed by atoms with van der Waals surface area (Å²) in [5.41, 5.74) is 1.95. The molecule has 0 unspecified atom stereocenters. The van der Waals surface area contributed by atoms with Crippen molar-refractivity contribution >= 4 is 17.7 Å². The summed E-state index contributed by atoms with van der Waals surface area (Å²) in [5, 5.41) is 8.43. The molecule has 1 aliphatic carbocycles. The van der Waals surface area contributed by atoms with Gasteiger partial charge in [-0.3, -0.25) is 9.59 Å². The van der Waals surface area contributed by atoms with Crippen molar-refractivity contribution in [2.75, 3.05) is 0 Å². The quantitative estimate of drug-likeness (QED) is 0.618. The van der Waals surface area contributed by atoms with Crippen molar-refractivity contribution in [2.45, 2.75) is 12.8 Å². The number of hydrogen-bond donors (Lipinski definition) is 1. The van der Waals surface area contributed by atoms with Crippen molar-refractivity contribution < 1.29 is 19.4 Å². The van der Waals surface area contributed by atoms with Crippen molar-refractivity contribution in [1.82, 2.24) is 0 Å². The minimum absolute atomic E-state index is 0.460. The van der Waals surface area contributed by atoms with Gasteiger partial charge in [-0.25, -0.2) is 0 Å². The van der Waals surface area contributed by atoms with E-state index in [9.17, 15) is 9.59 Å². The lowest BCUT2D eigenvalue weighted by atomic mass is 10.1. The standard InChI is InChI=1S/C12H10O4/c13-11(14)7-12(15)16-10-6-5-8-3-1-2-4-9(8)10/h1-4,6H,5,7H2,(H,13,14). The smallest absolute Gasteiger partial charge is 0.322 e. The number of ether oxygens (including phenoxy) is 1. The van der Waals surface area contributed by atoms with E-state index in [1.165, 1.54) is 0 Å². The van der Waals surface area contributed by atoms with Gasteiger partial charge in [0.1, 0.15) is 12.2 Å². The van der Waals surface area contributed by atoms with Crippen molar-refractivity contribution in [3.63, 3.8) is 0 Å². The number of allylic oxidation sites excluding steroid dienone is 1. The van der Waals surface area contributed by atoms with Crippen molar-refractivity contribution in [3.8, 4) is 0 Å². The van der Waals surface area contributed by atoms with E-state index >= 15 is 0 Å².